The Balaban J connectivity index is 2.91. The third-order valence-corrected chi connectivity index (χ3v) is 2.11. The van der Waals surface area contributed by atoms with Crippen LogP contribution in [-0.4, -0.2) is 23.8 Å². The van der Waals surface area contributed by atoms with Gasteiger partial charge < -0.3 is 9.84 Å². The molecule has 5 nitrogen and oxygen atoms in total. The molecule has 1 aromatic carbocycles. The van der Waals surface area contributed by atoms with Gasteiger partial charge in [-0.1, -0.05) is 30.3 Å². The molecular weight excluding hydrogens is 246 g/mol. The SMILES string of the molecule is C=CCOC(=O)Nc1cccc(Cl)c1C(=O)O. The first-order valence-corrected chi connectivity index (χ1v) is 5.00. The summed E-state index contributed by atoms with van der Waals surface area (Å²) in [6.45, 7) is 3.42. The van der Waals surface area contributed by atoms with Crippen molar-refractivity contribution in [2.45, 2.75) is 0 Å². The van der Waals surface area contributed by atoms with Crippen molar-refractivity contribution in [1.82, 2.24) is 0 Å². The molecule has 0 aliphatic heterocycles. The van der Waals surface area contributed by atoms with Gasteiger partial charge in [-0.2, -0.15) is 0 Å². The lowest BCUT2D eigenvalue weighted by atomic mass is 10.2. The number of benzene rings is 1. The van der Waals surface area contributed by atoms with Crippen LogP contribution in [0.3, 0.4) is 0 Å². The second-order valence-electron chi connectivity index (χ2n) is 2.98. The van der Waals surface area contributed by atoms with Crippen LogP contribution in [-0.2, 0) is 4.74 Å². The van der Waals surface area contributed by atoms with E-state index in [2.05, 4.69) is 16.6 Å². The second-order valence-corrected chi connectivity index (χ2v) is 3.39. The lowest BCUT2D eigenvalue weighted by Crippen LogP contribution is -2.16. The lowest BCUT2D eigenvalue weighted by molar-refractivity contribution is 0.0698. The molecule has 6 heteroatoms. The van der Waals surface area contributed by atoms with E-state index in [4.69, 9.17) is 16.7 Å². The maximum absolute atomic E-state index is 11.2. The molecule has 1 amide bonds. The molecule has 0 aliphatic rings. The Bertz CT molecular complexity index is 459. The number of halogens is 1. The molecule has 0 spiro atoms. The van der Waals surface area contributed by atoms with Gasteiger partial charge >= 0.3 is 12.1 Å². The summed E-state index contributed by atoms with van der Waals surface area (Å²) in [5, 5.41) is 11.3. The number of amides is 1. The molecule has 0 aliphatic carbocycles. The molecule has 0 saturated carbocycles. The first-order valence-electron chi connectivity index (χ1n) is 4.62. The number of ether oxygens (including phenoxy) is 1. The van der Waals surface area contributed by atoms with E-state index in [9.17, 15) is 9.59 Å². The maximum Gasteiger partial charge on any atom is 0.411 e. The van der Waals surface area contributed by atoms with Gasteiger partial charge in [0.1, 0.15) is 12.2 Å². The first kappa shape index (κ1) is 13.1. The number of carboxylic acids is 1. The summed E-state index contributed by atoms with van der Waals surface area (Å²) in [5.41, 5.74) is -0.0937. The lowest BCUT2D eigenvalue weighted by Gasteiger charge is -2.09. The number of aromatic carboxylic acids is 1. The summed E-state index contributed by atoms with van der Waals surface area (Å²) in [7, 11) is 0. The molecule has 1 aromatic rings. The Morgan fingerprint density at radius 2 is 2.24 bits per heavy atom. The molecule has 0 fully saturated rings. The number of rotatable bonds is 4. The Morgan fingerprint density at radius 3 is 2.82 bits per heavy atom. The Labute approximate surface area is 103 Å². The van der Waals surface area contributed by atoms with Crippen molar-refractivity contribution in [1.29, 1.82) is 0 Å². The molecule has 0 bridgehead atoms. The Hall–Kier alpha value is -2.01. The van der Waals surface area contributed by atoms with E-state index in [1.54, 1.807) is 0 Å². The number of hydrogen-bond donors (Lipinski definition) is 2. The van der Waals surface area contributed by atoms with Gasteiger partial charge in [0.15, 0.2) is 0 Å². The summed E-state index contributed by atoms with van der Waals surface area (Å²) >= 11 is 5.72. The zero-order chi connectivity index (χ0) is 12.8. The molecule has 0 unspecified atom stereocenters. The fraction of sp³-hybridized carbons (Fsp3) is 0.0909. The van der Waals surface area contributed by atoms with Crippen molar-refractivity contribution >= 4 is 29.4 Å². The monoisotopic (exact) mass is 255 g/mol. The third-order valence-electron chi connectivity index (χ3n) is 1.80. The van der Waals surface area contributed by atoms with Crippen LogP contribution >= 0.6 is 11.6 Å². The highest BCUT2D eigenvalue weighted by Crippen LogP contribution is 2.24. The standard InChI is InChI=1S/C11H10ClNO4/c1-2-6-17-11(16)13-8-5-3-4-7(12)9(8)10(14)15/h2-5H,1,6H2,(H,13,16)(H,14,15). The molecule has 0 radical (unpaired) electrons. The van der Waals surface area contributed by atoms with Crippen LogP contribution in [0.4, 0.5) is 10.5 Å². The molecule has 0 heterocycles. The van der Waals surface area contributed by atoms with Crippen molar-refractivity contribution in [2.24, 2.45) is 0 Å². The van der Waals surface area contributed by atoms with Crippen molar-refractivity contribution in [2.75, 3.05) is 11.9 Å². The summed E-state index contributed by atoms with van der Waals surface area (Å²) in [4.78, 5) is 22.2. The summed E-state index contributed by atoms with van der Waals surface area (Å²) in [6, 6.07) is 4.37. The zero-order valence-electron chi connectivity index (χ0n) is 8.77. The fourth-order valence-electron chi connectivity index (χ4n) is 1.13. The molecule has 0 aromatic heterocycles. The van der Waals surface area contributed by atoms with Gasteiger partial charge in [-0.3, -0.25) is 5.32 Å². The van der Waals surface area contributed by atoms with E-state index in [1.165, 1.54) is 24.3 Å². The van der Waals surface area contributed by atoms with E-state index in [1.807, 2.05) is 0 Å². The molecule has 0 saturated heterocycles. The van der Waals surface area contributed by atoms with Gasteiger partial charge in [-0.15, -0.1) is 0 Å². The van der Waals surface area contributed by atoms with Gasteiger partial charge in [-0.25, -0.2) is 9.59 Å². The number of anilines is 1. The summed E-state index contributed by atoms with van der Waals surface area (Å²) in [6.07, 6.45) is 0.630. The quantitative estimate of drug-likeness (QED) is 0.811. The number of hydrogen-bond acceptors (Lipinski definition) is 3. The highest BCUT2D eigenvalue weighted by Gasteiger charge is 2.16. The average molecular weight is 256 g/mol. The van der Waals surface area contributed by atoms with Gasteiger partial charge in [0.2, 0.25) is 0 Å². The smallest absolute Gasteiger partial charge is 0.411 e. The fourth-order valence-corrected chi connectivity index (χ4v) is 1.38. The second kappa shape index (κ2) is 5.91. The van der Waals surface area contributed by atoms with Crippen LogP contribution in [0.5, 0.6) is 0 Å². The van der Waals surface area contributed by atoms with E-state index >= 15 is 0 Å². The van der Waals surface area contributed by atoms with Crippen molar-refractivity contribution in [3.63, 3.8) is 0 Å². The minimum absolute atomic E-state index is 0.0365. The van der Waals surface area contributed by atoms with Gasteiger partial charge in [0.05, 0.1) is 10.7 Å². The summed E-state index contributed by atoms with van der Waals surface area (Å²) < 4.78 is 4.67. The molecule has 0 atom stereocenters. The molecule has 17 heavy (non-hydrogen) atoms. The Kier molecular flexibility index (Phi) is 4.54. The van der Waals surface area contributed by atoms with E-state index in [0.717, 1.165) is 0 Å². The van der Waals surface area contributed by atoms with Gasteiger partial charge in [0.25, 0.3) is 0 Å². The molecule has 1 rings (SSSR count). The van der Waals surface area contributed by atoms with E-state index in [0.29, 0.717) is 0 Å². The van der Waals surface area contributed by atoms with Crippen LogP contribution in [0, 0.1) is 0 Å². The van der Waals surface area contributed by atoms with Crippen molar-refractivity contribution < 1.29 is 19.4 Å². The normalized spacial score (nSPS) is 9.47. The van der Waals surface area contributed by atoms with Crippen LogP contribution < -0.4 is 5.32 Å². The number of carbonyl (C=O) groups excluding carboxylic acids is 1. The minimum Gasteiger partial charge on any atom is -0.478 e. The topological polar surface area (TPSA) is 75.6 Å². The largest absolute Gasteiger partial charge is 0.478 e. The predicted octanol–water partition coefficient (Wildman–Crippen LogP) is 2.77. The number of nitrogens with one attached hydrogen (secondary N) is 1. The molecule has 2 N–H and O–H groups in total. The van der Waals surface area contributed by atoms with Gasteiger partial charge in [0, 0.05) is 0 Å². The van der Waals surface area contributed by atoms with Crippen LogP contribution in [0.1, 0.15) is 10.4 Å². The average Bonchev–Trinajstić information content (AvgIpc) is 2.25. The van der Waals surface area contributed by atoms with Crippen LogP contribution in [0.25, 0.3) is 0 Å². The first-order chi connectivity index (χ1) is 8.06. The van der Waals surface area contributed by atoms with Crippen LogP contribution in [0.15, 0.2) is 30.9 Å². The Morgan fingerprint density at radius 1 is 1.53 bits per heavy atom. The van der Waals surface area contributed by atoms with E-state index < -0.39 is 12.1 Å². The molecular formula is C11H10ClNO4. The maximum atomic E-state index is 11.2. The van der Waals surface area contributed by atoms with E-state index in [-0.39, 0.29) is 22.9 Å². The van der Waals surface area contributed by atoms with Crippen molar-refractivity contribution in [3.8, 4) is 0 Å². The number of carbonyl (C=O) groups is 2. The highest BCUT2D eigenvalue weighted by molar-refractivity contribution is 6.34. The minimum atomic E-state index is -1.23. The highest BCUT2D eigenvalue weighted by atomic mass is 35.5. The third kappa shape index (κ3) is 3.49. The predicted molar refractivity (Wildman–Crippen MR) is 63.6 cm³/mol. The summed E-state index contributed by atoms with van der Waals surface area (Å²) in [5.74, 6) is -1.23. The number of carboxylic acid groups (broad SMARTS) is 1. The van der Waals surface area contributed by atoms with Crippen LogP contribution in [0.2, 0.25) is 5.02 Å². The zero-order valence-corrected chi connectivity index (χ0v) is 9.53. The molecule has 90 valence electrons. The van der Waals surface area contributed by atoms with Gasteiger partial charge in [-0.05, 0) is 12.1 Å². The van der Waals surface area contributed by atoms with Crippen molar-refractivity contribution in [3.05, 3.63) is 41.4 Å².